The molecule has 0 aliphatic rings. The molecule has 3 rings (SSSR count). The number of alkyl halides is 2. The summed E-state index contributed by atoms with van der Waals surface area (Å²) in [5.41, 5.74) is 0.0915. The molecule has 0 amide bonds. The normalized spacial score (nSPS) is 11.8. The van der Waals surface area contributed by atoms with Crippen LogP contribution in [0.2, 0.25) is 0 Å². The summed E-state index contributed by atoms with van der Waals surface area (Å²) in [7, 11) is 2.92. The SMILES string of the molecule is Cn1c(=O)c2nc(C(Br)(Br)c3ccccc3)nnc2n(C)c1=O. The predicted molar refractivity (Wildman–Crippen MR) is 92.9 cm³/mol. The second-order valence-corrected chi connectivity index (χ2v) is 8.40. The van der Waals surface area contributed by atoms with E-state index in [1.165, 1.54) is 18.7 Å². The van der Waals surface area contributed by atoms with E-state index in [1.54, 1.807) is 0 Å². The molecular weight excluding hydrogens is 430 g/mol. The highest BCUT2D eigenvalue weighted by molar-refractivity contribution is 9.25. The lowest BCUT2D eigenvalue weighted by Gasteiger charge is -2.19. The highest BCUT2D eigenvalue weighted by Crippen LogP contribution is 2.42. The molecule has 0 aliphatic heterocycles. The van der Waals surface area contributed by atoms with Gasteiger partial charge in [0.15, 0.2) is 20.2 Å². The largest absolute Gasteiger partial charge is 0.332 e. The van der Waals surface area contributed by atoms with E-state index < -0.39 is 14.5 Å². The zero-order valence-electron chi connectivity index (χ0n) is 12.2. The fraction of sp³-hybridized carbons (Fsp3) is 0.214. The summed E-state index contributed by atoms with van der Waals surface area (Å²) in [4.78, 5) is 28.5. The maximum Gasteiger partial charge on any atom is 0.332 e. The Morgan fingerprint density at radius 2 is 1.65 bits per heavy atom. The quantitative estimate of drug-likeness (QED) is 0.562. The van der Waals surface area contributed by atoms with Gasteiger partial charge < -0.3 is 0 Å². The number of rotatable bonds is 2. The van der Waals surface area contributed by atoms with Crippen molar-refractivity contribution in [1.29, 1.82) is 0 Å². The van der Waals surface area contributed by atoms with Crippen LogP contribution >= 0.6 is 31.9 Å². The van der Waals surface area contributed by atoms with Crippen molar-refractivity contribution in [2.75, 3.05) is 0 Å². The minimum atomic E-state index is -0.887. The Morgan fingerprint density at radius 1 is 1.00 bits per heavy atom. The van der Waals surface area contributed by atoms with Crippen LogP contribution < -0.4 is 11.2 Å². The van der Waals surface area contributed by atoms with E-state index in [0.717, 1.165) is 10.1 Å². The average molecular weight is 441 g/mol. The van der Waals surface area contributed by atoms with Crippen molar-refractivity contribution in [3.63, 3.8) is 0 Å². The lowest BCUT2D eigenvalue weighted by molar-refractivity contribution is 0.692. The van der Waals surface area contributed by atoms with Gasteiger partial charge in [-0.25, -0.2) is 9.78 Å². The lowest BCUT2D eigenvalue weighted by Crippen LogP contribution is -2.38. The van der Waals surface area contributed by atoms with E-state index in [0.29, 0.717) is 0 Å². The van der Waals surface area contributed by atoms with Crippen LogP contribution in [0.15, 0.2) is 39.9 Å². The number of fused-ring (bicyclic) bond motifs is 1. The van der Waals surface area contributed by atoms with Crippen molar-refractivity contribution < 1.29 is 0 Å². The fourth-order valence-corrected chi connectivity index (χ4v) is 3.03. The smallest absolute Gasteiger partial charge is 0.278 e. The number of aryl methyl sites for hydroxylation is 1. The molecule has 2 aromatic heterocycles. The highest BCUT2D eigenvalue weighted by Gasteiger charge is 2.32. The Balaban J connectivity index is 2.30. The topological polar surface area (TPSA) is 82.7 Å². The maximum atomic E-state index is 12.3. The molecule has 0 fully saturated rings. The molecule has 9 heteroatoms. The van der Waals surface area contributed by atoms with E-state index in [1.807, 2.05) is 30.3 Å². The van der Waals surface area contributed by atoms with Crippen molar-refractivity contribution in [3.8, 4) is 0 Å². The second-order valence-electron chi connectivity index (χ2n) is 4.95. The van der Waals surface area contributed by atoms with Crippen molar-refractivity contribution in [2.24, 2.45) is 14.1 Å². The van der Waals surface area contributed by atoms with Crippen LogP contribution in [0.5, 0.6) is 0 Å². The molecule has 0 spiro atoms. The summed E-state index contributed by atoms with van der Waals surface area (Å²) in [6, 6.07) is 9.42. The second kappa shape index (κ2) is 5.64. The monoisotopic (exact) mass is 439 g/mol. The van der Waals surface area contributed by atoms with Gasteiger partial charge in [0.1, 0.15) is 0 Å². The number of benzene rings is 1. The number of nitrogens with zero attached hydrogens (tertiary/aromatic N) is 5. The molecule has 2 heterocycles. The molecule has 0 atom stereocenters. The van der Waals surface area contributed by atoms with Gasteiger partial charge in [-0.1, -0.05) is 62.2 Å². The van der Waals surface area contributed by atoms with Crippen LogP contribution in [0.25, 0.3) is 11.2 Å². The summed E-state index contributed by atoms with van der Waals surface area (Å²) in [6.07, 6.45) is 0. The van der Waals surface area contributed by atoms with Gasteiger partial charge in [0.25, 0.3) is 5.56 Å². The van der Waals surface area contributed by atoms with Crippen molar-refractivity contribution >= 4 is 43.0 Å². The molecule has 0 radical (unpaired) electrons. The van der Waals surface area contributed by atoms with Crippen LogP contribution in [0.4, 0.5) is 0 Å². The zero-order valence-corrected chi connectivity index (χ0v) is 15.4. The third-order valence-corrected chi connectivity index (χ3v) is 5.11. The minimum absolute atomic E-state index is 0.0822. The van der Waals surface area contributed by atoms with Gasteiger partial charge >= 0.3 is 5.69 Å². The van der Waals surface area contributed by atoms with Gasteiger partial charge in [-0.2, -0.15) is 0 Å². The minimum Gasteiger partial charge on any atom is -0.278 e. The molecule has 3 aromatic rings. The number of halogens is 2. The molecule has 1 aromatic carbocycles. The van der Waals surface area contributed by atoms with Crippen LogP contribution in [-0.2, 0) is 17.3 Å². The molecule has 118 valence electrons. The fourth-order valence-electron chi connectivity index (χ4n) is 2.16. The van der Waals surface area contributed by atoms with Gasteiger partial charge in [0.05, 0.1) is 0 Å². The first-order chi connectivity index (χ1) is 10.8. The summed E-state index contributed by atoms with van der Waals surface area (Å²) in [6.45, 7) is 0. The molecule has 0 N–H and O–H groups in total. The molecule has 0 unspecified atom stereocenters. The van der Waals surface area contributed by atoms with E-state index in [4.69, 9.17) is 0 Å². The van der Waals surface area contributed by atoms with Crippen LogP contribution in [0.3, 0.4) is 0 Å². The maximum absolute atomic E-state index is 12.3. The van der Waals surface area contributed by atoms with Gasteiger partial charge in [-0.15, -0.1) is 10.2 Å². The Kier molecular flexibility index (Phi) is 3.93. The van der Waals surface area contributed by atoms with E-state index in [-0.39, 0.29) is 17.0 Å². The van der Waals surface area contributed by atoms with Crippen molar-refractivity contribution in [3.05, 3.63) is 62.6 Å². The average Bonchev–Trinajstić information content (AvgIpc) is 2.58. The van der Waals surface area contributed by atoms with Crippen molar-refractivity contribution in [2.45, 2.75) is 3.23 Å². The molecule has 0 saturated carbocycles. The third-order valence-electron chi connectivity index (χ3n) is 3.48. The first kappa shape index (κ1) is 16.0. The van der Waals surface area contributed by atoms with Crippen LogP contribution in [0.1, 0.15) is 11.4 Å². The Labute approximate surface area is 147 Å². The van der Waals surface area contributed by atoms with E-state index in [2.05, 4.69) is 47.0 Å². The highest BCUT2D eigenvalue weighted by atomic mass is 79.9. The van der Waals surface area contributed by atoms with Crippen LogP contribution in [0, 0.1) is 0 Å². The summed E-state index contributed by atoms with van der Waals surface area (Å²) in [5, 5.41) is 8.08. The predicted octanol–water partition coefficient (Wildman–Crippen LogP) is 1.41. The van der Waals surface area contributed by atoms with Gasteiger partial charge in [0.2, 0.25) is 0 Å². The third kappa shape index (κ3) is 2.53. The van der Waals surface area contributed by atoms with E-state index >= 15 is 0 Å². The zero-order chi connectivity index (χ0) is 16.8. The Hall–Kier alpha value is -1.87. The summed E-state index contributed by atoms with van der Waals surface area (Å²) in [5.74, 6) is 0.270. The van der Waals surface area contributed by atoms with Crippen molar-refractivity contribution in [1.82, 2.24) is 24.3 Å². The number of aromatic nitrogens is 5. The molecule has 0 aliphatic carbocycles. The lowest BCUT2D eigenvalue weighted by atomic mass is 10.1. The van der Waals surface area contributed by atoms with Gasteiger partial charge in [0, 0.05) is 14.1 Å². The molecule has 23 heavy (non-hydrogen) atoms. The standard InChI is InChI=1S/C14H11Br2N5O2/c1-20-10-9(11(22)21(2)13(20)23)17-12(19-18-10)14(15,16)8-6-4-3-5-7-8/h3-7H,1-2H3. The Bertz CT molecular complexity index is 1010. The van der Waals surface area contributed by atoms with E-state index in [9.17, 15) is 9.59 Å². The first-order valence-electron chi connectivity index (χ1n) is 6.58. The van der Waals surface area contributed by atoms with Gasteiger partial charge in [-0.05, 0) is 5.56 Å². The summed E-state index contributed by atoms with van der Waals surface area (Å²) < 4.78 is 1.35. The molecule has 7 nitrogen and oxygen atoms in total. The number of hydrogen-bond acceptors (Lipinski definition) is 5. The summed E-state index contributed by atoms with van der Waals surface area (Å²) >= 11 is 7.07. The molecular formula is C14H11Br2N5O2. The Morgan fingerprint density at radius 3 is 2.30 bits per heavy atom. The molecule has 0 saturated heterocycles. The molecule has 0 bridgehead atoms. The first-order valence-corrected chi connectivity index (χ1v) is 8.17. The van der Waals surface area contributed by atoms with Gasteiger partial charge in [-0.3, -0.25) is 13.9 Å². The van der Waals surface area contributed by atoms with Crippen LogP contribution in [-0.4, -0.2) is 24.3 Å². The number of hydrogen-bond donors (Lipinski definition) is 0.